The normalized spacial score (nSPS) is 30.8. The molecule has 3 fully saturated rings. The molecule has 0 radical (unpaired) electrons. The molecule has 0 aromatic heterocycles. The number of hydrogen-bond acceptors (Lipinski definition) is 7. The molecule has 0 N–H and O–H groups in total. The lowest BCUT2D eigenvalue weighted by Crippen LogP contribution is -2.59. The Morgan fingerprint density at radius 3 is 2.32 bits per heavy atom. The summed E-state index contributed by atoms with van der Waals surface area (Å²) in [5, 5.41) is 0. The Morgan fingerprint density at radius 2 is 1.68 bits per heavy atom. The standard InChI is InChI=1S/C26H45N3O5/c1-21-22(30)9-11-25(2,33-4)10-8-14-27(3)26(20-34-24(21)32)12-17-29(18-13-26)23(31)19-28-15-6-5-7-16-28/h21H,5-20H2,1-4H3/t21?,25-/m1/s1. The first kappa shape index (κ1) is 27.1. The molecule has 34 heavy (non-hydrogen) atoms. The van der Waals surface area contributed by atoms with E-state index in [0.717, 1.165) is 45.3 Å². The molecule has 8 nitrogen and oxygen atoms in total. The van der Waals surface area contributed by atoms with Crippen LogP contribution in [0.2, 0.25) is 0 Å². The SMILES string of the molecule is CO[C@]1(C)CCCN(C)C2(CCN(C(=O)CN3CCCCC3)CC2)COC(=O)C(C)C(=O)CC1. The molecule has 2 atom stereocenters. The number of piperidine rings is 2. The summed E-state index contributed by atoms with van der Waals surface area (Å²) in [6.07, 6.45) is 7.82. The van der Waals surface area contributed by atoms with Crippen LogP contribution in [0.5, 0.6) is 0 Å². The predicted octanol–water partition coefficient (Wildman–Crippen LogP) is 2.49. The fourth-order valence-electron chi connectivity index (χ4n) is 5.54. The van der Waals surface area contributed by atoms with Gasteiger partial charge in [-0.25, -0.2) is 0 Å². The van der Waals surface area contributed by atoms with Crippen LogP contribution in [0.25, 0.3) is 0 Å². The Labute approximate surface area is 205 Å². The minimum absolute atomic E-state index is 0.0898. The zero-order valence-corrected chi connectivity index (χ0v) is 21.8. The lowest BCUT2D eigenvalue weighted by Gasteiger charge is -2.47. The number of hydrogen-bond donors (Lipinski definition) is 0. The molecule has 1 amide bonds. The third kappa shape index (κ3) is 6.79. The quantitative estimate of drug-likeness (QED) is 0.455. The second kappa shape index (κ2) is 12.0. The van der Waals surface area contributed by atoms with Crippen molar-refractivity contribution >= 4 is 17.7 Å². The average Bonchev–Trinajstić information content (AvgIpc) is 2.86. The van der Waals surface area contributed by atoms with E-state index in [9.17, 15) is 14.4 Å². The first-order valence-corrected chi connectivity index (χ1v) is 13.1. The van der Waals surface area contributed by atoms with Gasteiger partial charge < -0.3 is 14.4 Å². The number of carbonyl (C=O) groups excluding carboxylic acids is 3. The van der Waals surface area contributed by atoms with E-state index in [-0.39, 0.29) is 29.4 Å². The first-order valence-electron chi connectivity index (χ1n) is 13.1. The Hall–Kier alpha value is -1.51. The number of likely N-dealkylation sites (tertiary alicyclic amines) is 2. The molecule has 0 aliphatic carbocycles. The van der Waals surface area contributed by atoms with Crippen LogP contribution in [0.3, 0.4) is 0 Å². The van der Waals surface area contributed by atoms with Crippen LogP contribution in [0.15, 0.2) is 0 Å². The van der Waals surface area contributed by atoms with Crippen LogP contribution in [0.4, 0.5) is 0 Å². The molecule has 0 saturated carbocycles. The maximum absolute atomic E-state index is 12.9. The molecule has 8 heteroatoms. The van der Waals surface area contributed by atoms with Gasteiger partial charge in [0.2, 0.25) is 5.91 Å². The zero-order chi connectivity index (χ0) is 24.8. The maximum Gasteiger partial charge on any atom is 0.316 e. The van der Waals surface area contributed by atoms with Crippen LogP contribution in [-0.2, 0) is 23.9 Å². The van der Waals surface area contributed by atoms with E-state index in [4.69, 9.17) is 9.47 Å². The molecule has 3 heterocycles. The Bertz CT molecular complexity index is 715. The second-order valence-electron chi connectivity index (χ2n) is 10.9. The number of ether oxygens (including phenoxy) is 2. The molecular formula is C26H45N3O5. The highest BCUT2D eigenvalue weighted by molar-refractivity contribution is 5.98. The molecular weight excluding hydrogens is 434 g/mol. The van der Waals surface area contributed by atoms with Crippen molar-refractivity contribution in [2.75, 3.05) is 60.0 Å². The number of carbonyl (C=O) groups is 3. The van der Waals surface area contributed by atoms with Crippen molar-refractivity contribution in [1.82, 2.24) is 14.7 Å². The smallest absolute Gasteiger partial charge is 0.316 e. The topological polar surface area (TPSA) is 79.4 Å². The van der Waals surface area contributed by atoms with Gasteiger partial charge in [0.25, 0.3) is 0 Å². The Kier molecular flexibility index (Phi) is 9.52. The number of Topliss-reactive ketones (excluding diaryl/α,β-unsaturated/α-hetero) is 1. The van der Waals surface area contributed by atoms with E-state index in [2.05, 4.69) is 16.8 Å². The number of rotatable bonds is 3. The van der Waals surface area contributed by atoms with Crippen molar-refractivity contribution < 1.29 is 23.9 Å². The van der Waals surface area contributed by atoms with E-state index in [0.29, 0.717) is 32.5 Å². The molecule has 0 aromatic rings. The van der Waals surface area contributed by atoms with Gasteiger partial charge in [0.15, 0.2) is 0 Å². The fraction of sp³-hybridized carbons (Fsp3) is 0.885. The third-order valence-corrected chi connectivity index (χ3v) is 8.58. The minimum atomic E-state index is -0.768. The van der Waals surface area contributed by atoms with Crippen molar-refractivity contribution in [3.8, 4) is 0 Å². The summed E-state index contributed by atoms with van der Waals surface area (Å²) in [5.74, 6) is -1.10. The number of methoxy groups -OCH3 is 1. The molecule has 3 aliphatic heterocycles. The van der Waals surface area contributed by atoms with Crippen LogP contribution in [0.1, 0.15) is 71.6 Å². The van der Waals surface area contributed by atoms with E-state index in [1.165, 1.54) is 19.3 Å². The summed E-state index contributed by atoms with van der Waals surface area (Å²) < 4.78 is 11.5. The molecule has 0 bridgehead atoms. The minimum Gasteiger partial charge on any atom is -0.463 e. The highest BCUT2D eigenvalue weighted by Crippen LogP contribution is 2.32. The lowest BCUT2D eigenvalue weighted by atomic mass is 9.85. The zero-order valence-electron chi connectivity index (χ0n) is 21.8. The van der Waals surface area contributed by atoms with Gasteiger partial charge in [0, 0.05) is 26.6 Å². The number of cyclic esters (lactones) is 1. The predicted molar refractivity (Wildman–Crippen MR) is 130 cm³/mol. The van der Waals surface area contributed by atoms with Gasteiger partial charge >= 0.3 is 5.97 Å². The summed E-state index contributed by atoms with van der Waals surface area (Å²) >= 11 is 0. The van der Waals surface area contributed by atoms with Crippen LogP contribution in [0, 0.1) is 5.92 Å². The van der Waals surface area contributed by atoms with Crippen molar-refractivity contribution in [2.45, 2.75) is 82.8 Å². The molecule has 1 unspecified atom stereocenters. The van der Waals surface area contributed by atoms with Crippen molar-refractivity contribution in [3.63, 3.8) is 0 Å². The number of ketones is 1. The van der Waals surface area contributed by atoms with Gasteiger partial charge in [0.1, 0.15) is 18.3 Å². The van der Waals surface area contributed by atoms with Gasteiger partial charge in [-0.2, -0.15) is 0 Å². The number of esters is 1. The average molecular weight is 480 g/mol. The molecule has 3 rings (SSSR count). The van der Waals surface area contributed by atoms with Crippen LogP contribution >= 0.6 is 0 Å². The Morgan fingerprint density at radius 1 is 1.00 bits per heavy atom. The van der Waals surface area contributed by atoms with E-state index < -0.39 is 11.9 Å². The van der Waals surface area contributed by atoms with Crippen molar-refractivity contribution in [1.29, 1.82) is 0 Å². The molecule has 3 saturated heterocycles. The molecule has 194 valence electrons. The molecule has 3 aliphatic rings. The Balaban J connectivity index is 1.67. The number of amides is 1. The molecule has 0 aromatic carbocycles. The van der Waals surface area contributed by atoms with E-state index in [1.807, 2.05) is 11.8 Å². The maximum atomic E-state index is 12.9. The lowest BCUT2D eigenvalue weighted by molar-refractivity contribution is -0.157. The van der Waals surface area contributed by atoms with Gasteiger partial charge in [-0.05, 0) is 85.5 Å². The van der Waals surface area contributed by atoms with Crippen molar-refractivity contribution in [3.05, 3.63) is 0 Å². The fourth-order valence-corrected chi connectivity index (χ4v) is 5.54. The summed E-state index contributed by atoms with van der Waals surface area (Å²) in [6, 6.07) is 0. The monoisotopic (exact) mass is 479 g/mol. The van der Waals surface area contributed by atoms with E-state index in [1.54, 1.807) is 14.0 Å². The van der Waals surface area contributed by atoms with Gasteiger partial charge in [-0.3, -0.25) is 24.2 Å². The third-order valence-electron chi connectivity index (χ3n) is 8.58. The highest BCUT2D eigenvalue weighted by atomic mass is 16.5. The van der Waals surface area contributed by atoms with E-state index >= 15 is 0 Å². The van der Waals surface area contributed by atoms with Crippen molar-refractivity contribution in [2.24, 2.45) is 5.92 Å². The summed E-state index contributed by atoms with van der Waals surface area (Å²) in [4.78, 5) is 44.8. The van der Waals surface area contributed by atoms with Crippen LogP contribution in [-0.4, -0.2) is 104 Å². The van der Waals surface area contributed by atoms with Gasteiger partial charge in [-0.1, -0.05) is 6.42 Å². The van der Waals surface area contributed by atoms with Gasteiger partial charge in [-0.15, -0.1) is 0 Å². The summed E-state index contributed by atoms with van der Waals surface area (Å²) in [7, 11) is 3.79. The first-order chi connectivity index (χ1) is 16.2. The number of likely N-dealkylation sites (N-methyl/N-ethyl adjacent to an activating group) is 1. The molecule has 1 spiro atoms. The summed E-state index contributed by atoms with van der Waals surface area (Å²) in [5.41, 5.74) is -0.705. The van der Waals surface area contributed by atoms with Crippen LogP contribution < -0.4 is 0 Å². The largest absolute Gasteiger partial charge is 0.463 e. The highest BCUT2D eigenvalue weighted by Gasteiger charge is 2.41. The second-order valence-corrected chi connectivity index (χ2v) is 10.9. The van der Waals surface area contributed by atoms with Gasteiger partial charge in [0.05, 0.1) is 17.7 Å². The summed E-state index contributed by atoms with van der Waals surface area (Å²) in [6.45, 7) is 8.67. The number of nitrogens with zero attached hydrogens (tertiary/aromatic N) is 3.